The summed E-state index contributed by atoms with van der Waals surface area (Å²) in [5, 5.41) is 1.56. The Hall–Kier alpha value is -1.66. The lowest BCUT2D eigenvalue weighted by atomic mass is 10.2. The van der Waals surface area contributed by atoms with Crippen molar-refractivity contribution in [2.75, 3.05) is 19.5 Å². The summed E-state index contributed by atoms with van der Waals surface area (Å²) in [6, 6.07) is 1.71. The molecule has 0 aromatic carbocycles. The van der Waals surface area contributed by atoms with E-state index in [9.17, 15) is 4.79 Å². The lowest BCUT2D eigenvalue weighted by molar-refractivity contribution is 0.0857. The molecule has 0 aliphatic heterocycles. The number of aromatic nitrogens is 1. The zero-order valence-electron chi connectivity index (χ0n) is 9.03. The molecule has 0 unspecified atom stereocenters. The van der Waals surface area contributed by atoms with Gasteiger partial charge in [0.2, 0.25) is 0 Å². The topological polar surface area (TPSA) is 83.3 Å². The van der Waals surface area contributed by atoms with Gasteiger partial charge in [-0.1, -0.05) is 0 Å². The molecule has 15 heavy (non-hydrogen) atoms. The van der Waals surface area contributed by atoms with E-state index in [2.05, 4.69) is 15.8 Å². The first-order valence-corrected chi connectivity index (χ1v) is 4.46. The quantitative estimate of drug-likeness (QED) is 0.477. The van der Waals surface area contributed by atoms with Crippen LogP contribution in [0, 0.1) is 6.92 Å². The van der Waals surface area contributed by atoms with E-state index in [1.54, 1.807) is 25.2 Å². The van der Waals surface area contributed by atoms with Crippen molar-refractivity contribution in [3.05, 3.63) is 23.5 Å². The van der Waals surface area contributed by atoms with Crippen LogP contribution in [0.2, 0.25) is 0 Å². The number of pyridine rings is 1. The Morgan fingerprint density at radius 3 is 2.73 bits per heavy atom. The number of anilines is 1. The van der Waals surface area contributed by atoms with Crippen LogP contribution in [0.15, 0.2) is 12.3 Å². The third-order valence-electron chi connectivity index (χ3n) is 1.77. The van der Waals surface area contributed by atoms with Crippen LogP contribution in [0.1, 0.15) is 16.1 Å². The molecule has 6 nitrogen and oxygen atoms in total. The Kier molecular flexibility index (Phi) is 3.59. The molecule has 0 spiro atoms. The number of hydrazine groups is 2. The zero-order valence-corrected chi connectivity index (χ0v) is 9.03. The molecule has 0 aliphatic rings. The minimum absolute atomic E-state index is 0.250. The van der Waals surface area contributed by atoms with Crippen molar-refractivity contribution in [2.24, 2.45) is 5.84 Å². The van der Waals surface area contributed by atoms with E-state index in [-0.39, 0.29) is 5.91 Å². The van der Waals surface area contributed by atoms with Crippen molar-refractivity contribution >= 4 is 11.6 Å². The maximum absolute atomic E-state index is 11.7. The van der Waals surface area contributed by atoms with Gasteiger partial charge in [-0.2, -0.15) is 0 Å². The van der Waals surface area contributed by atoms with Crippen LogP contribution in [0.25, 0.3) is 0 Å². The molecule has 0 saturated heterocycles. The largest absolute Gasteiger partial charge is 0.323 e. The lowest BCUT2D eigenvalue weighted by Crippen LogP contribution is -2.36. The molecule has 0 atom stereocenters. The summed E-state index contributed by atoms with van der Waals surface area (Å²) < 4.78 is 0. The maximum Gasteiger partial charge on any atom is 0.269 e. The van der Waals surface area contributed by atoms with Gasteiger partial charge in [-0.15, -0.1) is 0 Å². The summed E-state index contributed by atoms with van der Waals surface area (Å²) in [6.45, 7) is 1.83. The van der Waals surface area contributed by atoms with Crippen LogP contribution in [-0.2, 0) is 0 Å². The van der Waals surface area contributed by atoms with E-state index >= 15 is 0 Å². The molecule has 1 aromatic rings. The van der Waals surface area contributed by atoms with Gasteiger partial charge in [0.25, 0.3) is 5.91 Å². The van der Waals surface area contributed by atoms with Crippen molar-refractivity contribution in [3.63, 3.8) is 0 Å². The van der Waals surface area contributed by atoms with Crippen LogP contribution in [0.4, 0.5) is 5.69 Å². The van der Waals surface area contributed by atoms with E-state index in [4.69, 9.17) is 5.84 Å². The van der Waals surface area contributed by atoms with Gasteiger partial charge in [-0.25, -0.2) is 5.01 Å². The molecular weight excluding hydrogens is 194 g/mol. The lowest BCUT2D eigenvalue weighted by Gasteiger charge is -2.14. The minimum Gasteiger partial charge on any atom is -0.323 e. The molecule has 6 heteroatoms. The molecule has 1 heterocycles. The average Bonchev–Trinajstić information content (AvgIpc) is 2.16. The fourth-order valence-corrected chi connectivity index (χ4v) is 1.12. The smallest absolute Gasteiger partial charge is 0.269 e. The number of nitrogen functional groups attached to an aromatic ring is 1. The van der Waals surface area contributed by atoms with Crippen molar-refractivity contribution in [1.82, 2.24) is 15.4 Å². The van der Waals surface area contributed by atoms with Gasteiger partial charge < -0.3 is 5.43 Å². The second kappa shape index (κ2) is 4.72. The number of nitrogens with zero attached hydrogens (tertiary/aromatic N) is 2. The minimum atomic E-state index is -0.250. The van der Waals surface area contributed by atoms with E-state index in [0.29, 0.717) is 11.3 Å². The first kappa shape index (κ1) is 11.4. The summed E-state index contributed by atoms with van der Waals surface area (Å²) in [6.07, 6.45) is 1.49. The molecule has 0 fully saturated rings. The standard InChI is InChI=1S/C9H15N5O/c1-6-4-8(12-10)7(5-11-6)9(15)13-14(2)3/h4-5H,10H2,1-3H3,(H,11,12)(H,13,15). The van der Waals surface area contributed by atoms with E-state index in [1.807, 2.05) is 6.92 Å². The molecule has 1 amide bonds. The summed E-state index contributed by atoms with van der Waals surface area (Å²) >= 11 is 0. The van der Waals surface area contributed by atoms with Gasteiger partial charge in [-0.3, -0.25) is 21.0 Å². The molecule has 1 rings (SSSR count). The third-order valence-corrected chi connectivity index (χ3v) is 1.77. The highest BCUT2D eigenvalue weighted by Crippen LogP contribution is 2.13. The maximum atomic E-state index is 11.7. The van der Waals surface area contributed by atoms with Crippen molar-refractivity contribution < 1.29 is 4.79 Å². The Morgan fingerprint density at radius 1 is 1.53 bits per heavy atom. The molecule has 82 valence electrons. The molecule has 4 N–H and O–H groups in total. The van der Waals surface area contributed by atoms with Crippen molar-refractivity contribution in [3.8, 4) is 0 Å². The van der Waals surface area contributed by atoms with Crippen molar-refractivity contribution in [2.45, 2.75) is 6.92 Å². The van der Waals surface area contributed by atoms with Crippen LogP contribution >= 0.6 is 0 Å². The van der Waals surface area contributed by atoms with Gasteiger partial charge in [0.1, 0.15) is 0 Å². The highest BCUT2D eigenvalue weighted by molar-refractivity contribution is 5.98. The first-order chi connectivity index (χ1) is 7.04. The van der Waals surface area contributed by atoms with E-state index in [1.165, 1.54) is 6.20 Å². The number of rotatable bonds is 3. The fraction of sp³-hybridized carbons (Fsp3) is 0.333. The normalized spacial score (nSPS) is 10.2. The number of carbonyl (C=O) groups excluding carboxylic acids is 1. The van der Waals surface area contributed by atoms with Gasteiger partial charge in [0.15, 0.2) is 0 Å². The summed E-state index contributed by atoms with van der Waals surface area (Å²) in [5.41, 5.74) is 6.85. The summed E-state index contributed by atoms with van der Waals surface area (Å²) in [5.74, 6) is 5.07. The monoisotopic (exact) mass is 209 g/mol. The predicted molar refractivity (Wildman–Crippen MR) is 57.9 cm³/mol. The first-order valence-electron chi connectivity index (χ1n) is 4.46. The van der Waals surface area contributed by atoms with Crippen LogP contribution < -0.4 is 16.7 Å². The predicted octanol–water partition coefficient (Wildman–Crippen LogP) is -0.118. The Balaban J connectivity index is 2.97. The number of carbonyl (C=O) groups is 1. The molecule has 0 radical (unpaired) electrons. The molecule has 0 bridgehead atoms. The Labute approximate surface area is 88.4 Å². The Bertz CT molecular complexity index is 364. The zero-order chi connectivity index (χ0) is 11.4. The highest BCUT2D eigenvalue weighted by atomic mass is 16.2. The van der Waals surface area contributed by atoms with E-state index < -0.39 is 0 Å². The fourth-order valence-electron chi connectivity index (χ4n) is 1.12. The number of nitrogens with two attached hydrogens (primary N) is 1. The number of amides is 1. The van der Waals surface area contributed by atoms with Gasteiger partial charge >= 0.3 is 0 Å². The second-order valence-corrected chi connectivity index (χ2v) is 3.35. The molecule has 0 aliphatic carbocycles. The Morgan fingerprint density at radius 2 is 2.20 bits per heavy atom. The van der Waals surface area contributed by atoms with Gasteiger partial charge in [-0.05, 0) is 13.0 Å². The summed E-state index contributed by atoms with van der Waals surface area (Å²) in [4.78, 5) is 15.7. The molecular formula is C9H15N5O. The number of hydrogen-bond acceptors (Lipinski definition) is 5. The number of nitrogens with one attached hydrogen (secondary N) is 2. The van der Waals surface area contributed by atoms with Gasteiger partial charge in [0, 0.05) is 26.0 Å². The highest BCUT2D eigenvalue weighted by Gasteiger charge is 2.11. The summed E-state index contributed by atoms with van der Waals surface area (Å²) in [7, 11) is 3.46. The molecule has 1 aromatic heterocycles. The van der Waals surface area contributed by atoms with Gasteiger partial charge in [0.05, 0.1) is 11.3 Å². The van der Waals surface area contributed by atoms with Crippen LogP contribution in [0.3, 0.4) is 0 Å². The number of hydrogen-bond donors (Lipinski definition) is 3. The molecule has 0 saturated carbocycles. The second-order valence-electron chi connectivity index (χ2n) is 3.35. The average molecular weight is 209 g/mol. The van der Waals surface area contributed by atoms with Crippen LogP contribution in [0.5, 0.6) is 0 Å². The van der Waals surface area contributed by atoms with E-state index in [0.717, 1.165) is 5.69 Å². The van der Waals surface area contributed by atoms with Crippen molar-refractivity contribution in [1.29, 1.82) is 0 Å². The SMILES string of the molecule is Cc1cc(NN)c(C(=O)NN(C)C)cn1. The van der Waals surface area contributed by atoms with Crippen LogP contribution in [-0.4, -0.2) is 30.0 Å². The third kappa shape index (κ3) is 2.90. The number of aryl methyl sites for hydroxylation is 1.